The number of benzene rings is 2. The summed E-state index contributed by atoms with van der Waals surface area (Å²) in [4.78, 5) is 0. The Kier molecular flexibility index (Phi) is 4.04. The molecule has 0 heterocycles. The van der Waals surface area contributed by atoms with E-state index in [0.29, 0.717) is 0 Å². The van der Waals surface area contributed by atoms with Crippen LogP contribution in [-0.2, 0) is 21.0 Å². The molecular formula is C17H18O4S. The van der Waals surface area contributed by atoms with E-state index < -0.39 is 10.4 Å². The zero-order chi connectivity index (χ0) is 15.7. The average Bonchev–Trinajstić information content (AvgIpc) is 2.86. The van der Waals surface area contributed by atoms with Crippen molar-refractivity contribution in [3.8, 4) is 11.1 Å². The Bertz CT molecular complexity index is 796. The van der Waals surface area contributed by atoms with Crippen LogP contribution < -0.4 is 0 Å². The van der Waals surface area contributed by atoms with Crippen LogP contribution in [0.3, 0.4) is 0 Å². The topological polar surface area (TPSA) is 63.6 Å². The molecule has 2 aromatic rings. The monoisotopic (exact) mass is 318 g/mol. The van der Waals surface area contributed by atoms with Gasteiger partial charge in [-0.2, -0.15) is 8.42 Å². The summed E-state index contributed by atoms with van der Waals surface area (Å²) < 4.78 is 35.1. The lowest BCUT2D eigenvalue weighted by molar-refractivity contribution is 0.247. The van der Waals surface area contributed by atoms with Crippen molar-refractivity contribution in [3.05, 3.63) is 59.2 Å². The number of hydrogen-bond acceptors (Lipinski definition) is 3. The minimum atomic E-state index is -4.40. The van der Waals surface area contributed by atoms with Crippen LogP contribution in [0.2, 0.25) is 0 Å². The number of rotatable bonds is 5. The maximum absolute atomic E-state index is 10.8. The third-order valence-electron chi connectivity index (χ3n) is 4.24. The molecule has 0 spiro atoms. The van der Waals surface area contributed by atoms with Crippen LogP contribution in [0, 0.1) is 0 Å². The summed E-state index contributed by atoms with van der Waals surface area (Å²) in [6.45, 7) is 1.95. The summed E-state index contributed by atoms with van der Waals surface area (Å²) in [5, 5.41) is 0. The van der Waals surface area contributed by atoms with Crippen molar-refractivity contribution in [3.63, 3.8) is 0 Å². The van der Waals surface area contributed by atoms with Crippen molar-refractivity contribution in [2.75, 3.05) is 6.61 Å². The first-order chi connectivity index (χ1) is 10.5. The predicted octanol–water partition coefficient (Wildman–Crippen LogP) is 3.57. The molecule has 0 aromatic heterocycles. The molecule has 3 rings (SSSR count). The summed E-state index contributed by atoms with van der Waals surface area (Å²) in [5.74, 6) is -0.0637. The van der Waals surface area contributed by atoms with Crippen LogP contribution in [-0.4, -0.2) is 19.6 Å². The molecule has 1 atom stereocenters. The Morgan fingerprint density at radius 3 is 2.59 bits per heavy atom. The fraction of sp³-hybridized carbons (Fsp3) is 0.294. The van der Waals surface area contributed by atoms with Crippen molar-refractivity contribution >= 4 is 10.4 Å². The lowest BCUT2D eigenvalue weighted by Crippen LogP contribution is -2.13. The highest BCUT2D eigenvalue weighted by Crippen LogP contribution is 2.40. The normalized spacial score (nSPS) is 14.5. The van der Waals surface area contributed by atoms with Gasteiger partial charge in [0.2, 0.25) is 0 Å². The van der Waals surface area contributed by atoms with Gasteiger partial charge in [0, 0.05) is 5.92 Å². The molecule has 0 radical (unpaired) electrons. The van der Waals surface area contributed by atoms with Gasteiger partial charge >= 0.3 is 10.4 Å². The van der Waals surface area contributed by atoms with Gasteiger partial charge in [-0.1, -0.05) is 49.4 Å². The van der Waals surface area contributed by atoms with Crippen molar-refractivity contribution in [2.45, 2.75) is 25.7 Å². The molecule has 0 bridgehead atoms. The van der Waals surface area contributed by atoms with E-state index in [1.165, 1.54) is 22.3 Å². The summed E-state index contributed by atoms with van der Waals surface area (Å²) in [6, 6.07) is 14.4. The van der Waals surface area contributed by atoms with Gasteiger partial charge in [-0.3, -0.25) is 4.55 Å². The molecule has 4 nitrogen and oxygen atoms in total. The molecule has 22 heavy (non-hydrogen) atoms. The Hall–Kier alpha value is -1.69. The van der Waals surface area contributed by atoms with Crippen molar-refractivity contribution in [2.24, 2.45) is 0 Å². The Morgan fingerprint density at radius 2 is 1.86 bits per heavy atom. The third kappa shape index (κ3) is 2.92. The molecule has 1 aliphatic rings. The van der Waals surface area contributed by atoms with Gasteiger partial charge in [-0.05, 0) is 40.7 Å². The first-order valence-electron chi connectivity index (χ1n) is 7.31. The molecule has 0 aliphatic heterocycles. The molecule has 5 heteroatoms. The molecule has 0 fully saturated rings. The fourth-order valence-electron chi connectivity index (χ4n) is 3.16. The molecular weight excluding hydrogens is 300 g/mol. The maximum Gasteiger partial charge on any atom is 0.397 e. The van der Waals surface area contributed by atoms with Gasteiger partial charge in [-0.25, -0.2) is 4.18 Å². The molecule has 0 saturated carbocycles. The largest absolute Gasteiger partial charge is 0.397 e. The molecule has 2 aromatic carbocycles. The van der Waals surface area contributed by atoms with Crippen LogP contribution in [0.5, 0.6) is 0 Å². The van der Waals surface area contributed by atoms with E-state index in [1.54, 1.807) is 0 Å². The molecule has 1 aliphatic carbocycles. The Labute approximate surface area is 130 Å². The quantitative estimate of drug-likeness (QED) is 0.730. The summed E-state index contributed by atoms with van der Waals surface area (Å²) in [5.41, 5.74) is 6.06. The van der Waals surface area contributed by atoms with Gasteiger partial charge in [0.05, 0.1) is 6.61 Å². The lowest BCUT2D eigenvalue weighted by atomic mass is 9.90. The molecule has 1 unspecified atom stereocenters. The summed E-state index contributed by atoms with van der Waals surface area (Å²) in [7, 11) is -4.40. The van der Waals surface area contributed by atoms with Crippen LogP contribution in [0.15, 0.2) is 42.5 Å². The van der Waals surface area contributed by atoms with Gasteiger partial charge < -0.3 is 0 Å². The second kappa shape index (κ2) is 5.83. The minimum Gasteiger partial charge on any atom is -0.264 e. The third-order valence-corrected chi connectivity index (χ3v) is 4.67. The van der Waals surface area contributed by atoms with Gasteiger partial charge in [0.25, 0.3) is 0 Å². The van der Waals surface area contributed by atoms with E-state index in [4.69, 9.17) is 4.55 Å². The van der Waals surface area contributed by atoms with Crippen LogP contribution in [0.25, 0.3) is 11.1 Å². The fourth-order valence-corrected chi connectivity index (χ4v) is 3.50. The molecule has 0 saturated heterocycles. The highest BCUT2D eigenvalue weighted by Gasteiger charge is 2.24. The van der Waals surface area contributed by atoms with Crippen molar-refractivity contribution < 1.29 is 17.2 Å². The van der Waals surface area contributed by atoms with E-state index in [2.05, 4.69) is 22.4 Å². The Morgan fingerprint density at radius 1 is 1.14 bits per heavy atom. The first kappa shape index (κ1) is 15.2. The van der Waals surface area contributed by atoms with E-state index >= 15 is 0 Å². The Balaban J connectivity index is 1.96. The van der Waals surface area contributed by atoms with Crippen molar-refractivity contribution in [1.82, 2.24) is 0 Å². The zero-order valence-electron chi connectivity index (χ0n) is 12.3. The number of hydrogen-bond donors (Lipinski definition) is 1. The van der Waals surface area contributed by atoms with Crippen LogP contribution in [0.4, 0.5) is 0 Å². The van der Waals surface area contributed by atoms with Gasteiger partial charge in [0.15, 0.2) is 0 Å². The smallest absolute Gasteiger partial charge is 0.264 e. The van der Waals surface area contributed by atoms with Crippen molar-refractivity contribution in [1.29, 1.82) is 0 Å². The van der Waals surface area contributed by atoms with Crippen LogP contribution in [0.1, 0.15) is 36.0 Å². The number of fused-ring (bicyclic) bond motifs is 3. The molecule has 0 amide bonds. The highest BCUT2D eigenvalue weighted by atomic mass is 32.3. The SMILES string of the molecule is CCC(COS(=O)(=O)O)c1cccc2c1Cc1ccccc1-2. The lowest BCUT2D eigenvalue weighted by Gasteiger charge is -2.18. The first-order valence-corrected chi connectivity index (χ1v) is 8.68. The van der Waals surface area contributed by atoms with Gasteiger partial charge in [0.1, 0.15) is 0 Å². The van der Waals surface area contributed by atoms with E-state index in [-0.39, 0.29) is 12.5 Å². The highest BCUT2D eigenvalue weighted by molar-refractivity contribution is 7.80. The average molecular weight is 318 g/mol. The molecule has 116 valence electrons. The van der Waals surface area contributed by atoms with E-state index in [1.807, 2.05) is 31.2 Å². The summed E-state index contributed by atoms with van der Waals surface area (Å²) >= 11 is 0. The minimum absolute atomic E-state index is 0.0396. The predicted molar refractivity (Wildman–Crippen MR) is 85.2 cm³/mol. The zero-order valence-corrected chi connectivity index (χ0v) is 13.1. The second-order valence-corrected chi connectivity index (χ2v) is 6.62. The standard InChI is InChI=1S/C17H18O4S/c1-2-12(11-21-22(18,19)20)14-8-5-9-16-15-7-4-3-6-13(15)10-17(14)16/h3-9,12H,2,10-11H2,1H3,(H,18,19,20). The second-order valence-electron chi connectivity index (χ2n) is 5.52. The van der Waals surface area contributed by atoms with Crippen LogP contribution >= 0.6 is 0 Å². The molecule has 1 N–H and O–H groups in total. The summed E-state index contributed by atoms with van der Waals surface area (Å²) in [6.07, 6.45) is 1.59. The van der Waals surface area contributed by atoms with Gasteiger partial charge in [-0.15, -0.1) is 0 Å². The maximum atomic E-state index is 10.8. The van der Waals surface area contributed by atoms with E-state index in [0.717, 1.165) is 18.4 Å². The van der Waals surface area contributed by atoms with E-state index in [9.17, 15) is 8.42 Å².